The van der Waals surface area contributed by atoms with Gasteiger partial charge >= 0.3 is 12.3 Å². The summed E-state index contributed by atoms with van der Waals surface area (Å²) in [6, 6.07) is 11.2. The van der Waals surface area contributed by atoms with Crippen LogP contribution in [0.3, 0.4) is 0 Å². The van der Waals surface area contributed by atoms with Crippen molar-refractivity contribution in [1.82, 2.24) is 15.1 Å². The van der Waals surface area contributed by atoms with E-state index in [0.29, 0.717) is 13.1 Å². The number of hydrogen-bond donors (Lipinski definition) is 2. The Kier molecular flexibility index (Phi) is 6.17. The fourth-order valence-corrected chi connectivity index (χ4v) is 3.19. The summed E-state index contributed by atoms with van der Waals surface area (Å²) >= 11 is 5.94. The predicted molar refractivity (Wildman–Crippen MR) is 104 cm³/mol. The number of nitrogens with zero attached hydrogens (tertiary/aromatic N) is 3. The second kappa shape index (κ2) is 8.60. The molecule has 0 atom stereocenters. The van der Waals surface area contributed by atoms with E-state index in [1.54, 1.807) is 4.90 Å². The summed E-state index contributed by atoms with van der Waals surface area (Å²) in [4.78, 5) is 13.7. The Bertz CT molecular complexity index is 955. The number of rotatable bonds is 1. The summed E-state index contributed by atoms with van der Waals surface area (Å²) in [6.45, 7) is 1.10. The average molecular weight is 427 g/mol. The van der Waals surface area contributed by atoms with Crippen LogP contribution in [-0.4, -0.2) is 52.5 Å². The molecular weight excluding hydrogens is 409 g/mol. The Labute approximate surface area is 169 Å². The first-order chi connectivity index (χ1) is 13.8. The summed E-state index contributed by atoms with van der Waals surface area (Å²) in [5.41, 5.74) is 0.613. The molecule has 1 aromatic heterocycles. The fourth-order valence-electron chi connectivity index (χ4n) is 2.95. The quantitative estimate of drug-likeness (QED) is 0.590. The van der Waals surface area contributed by atoms with Crippen LogP contribution < -0.4 is 4.90 Å². The van der Waals surface area contributed by atoms with E-state index < -0.39 is 17.8 Å². The van der Waals surface area contributed by atoms with E-state index in [1.165, 1.54) is 11.0 Å². The summed E-state index contributed by atoms with van der Waals surface area (Å²) in [5.74, 6) is 0. The lowest BCUT2D eigenvalue weighted by molar-refractivity contribution is -0.137. The van der Waals surface area contributed by atoms with Crippen LogP contribution in [0.1, 0.15) is 5.56 Å². The molecule has 0 bridgehead atoms. The van der Waals surface area contributed by atoms with Gasteiger partial charge in [0.15, 0.2) is 0 Å². The number of H-pyrrole nitrogens is 1. The molecule has 0 spiro atoms. The third-order valence-corrected chi connectivity index (χ3v) is 4.83. The minimum absolute atomic E-state index is 0.224. The highest BCUT2D eigenvalue weighted by molar-refractivity contribution is 6.33. The van der Waals surface area contributed by atoms with Crippen LogP contribution in [0, 0.1) is 0 Å². The third-order valence-electron chi connectivity index (χ3n) is 4.51. The minimum atomic E-state index is -4.43. The lowest BCUT2D eigenvalue weighted by Gasteiger charge is -2.35. The molecule has 2 N–H and O–H groups in total. The number of carbonyl (C=O) groups is 1. The molecule has 2 aromatic carbocycles. The number of fused-ring (bicyclic) bond motifs is 1. The predicted octanol–water partition coefficient (Wildman–Crippen LogP) is 4.72. The van der Waals surface area contributed by atoms with Crippen molar-refractivity contribution in [2.24, 2.45) is 0 Å². The fraction of sp³-hybridized carbons (Fsp3) is 0.263. The van der Waals surface area contributed by atoms with Crippen molar-refractivity contribution in [3.63, 3.8) is 0 Å². The van der Waals surface area contributed by atoms with Crippen molar-refractivity contribution in [2.75, 3.05) is 31.1 Å². The SMILES string of the molecule is O=C(O)N1CCN(c2cc(C(F)(F)F)ccc2Cl)CC1.c1ccc2[nH]ncc2c1. The van der Waals surface area contributed by atoms with Crippen molar-refractivity contribution in [1.29, 1.82) is 0 Å². The maximum Gasteiger partial charge on any atom is 0.416 e. The first-order valence-corrected chi connectivity index (χ1v) is 9.11. The molecule has 154 valence electrons. The monoisotopic (exact) mass is 426 g/mol. The highest BCUT2D eigenvalue weighted by Crippen LogP contribution is 2.35. The van der Waals surface area contributed by atoms with Gasteiger partial charge in [-0.05, 0) is 24.3 Å². The van der Waals surface area contributed by atoms with E-state index in [2.05, 4.69) is 10.2 Å². The zero-order valence-electron chi connectivity index (χ0n) is 15.2. The molecule has 29 heavy (non-hydrogen) atoms. The van der Waals surface area contributed by atoms with E-state index >= 15 is 0 Å². The van der Waals surface area contributed by atoms with Crippen LogP contribution in [-0.2, 0) is 6.18 Å². The molecule has 1 aliphatic heterocycles. The average Bonchev–Trinajstić information content (AvgIpc) is 3.17. The van der Waals surface area contributed by atoms with Crippen LogP contribution in [0.2, 0.25) is 5.02 Å². The first-order valence-electron chi connectivity index (χ1n) is 8.73. The molecule has 6 nitrogen and oxygen atoms in total. The second-order valence-corrected chi connectivity index (χ2v) is 6.79. The van der Waals surface area contributed by atoms with Gasteiger partial charge in [0.1, 0.15) is 0 Å². The van der Waals surface area contributed by atoms with E-state index in [-0.39, 0.29) is 23.8 Å². The Morgan fingerprint density at radius 3 is 2.41 bits per heavy atom. The first kappa shape index (κ1) is 20.8. The van der Waals surface area contributed by atoms with Crippen LogP contribution >= 0.6 is 11.6 Å². The molecule has 0 radical (unpaired) electrons. The van der Waals surface area contributed by atoms with Gasteiger partial charge in [0.25, 0.3) is 0 Å². The molecule has 0 saturated carbocycles. The Morgan fingerprint density at radius 2 is 1.79 bits per heavy atom. The van der Waals surface area contributed by atoms with Crippen LogP contribution in [0.5, 0.6) is 0 Å². The maximum absolute atomic E-state index is 12.7. The Balaban J connectivity index is 0.000000220. The van der Waals surface area contributed by atoms with Gasteiger partial charge in [0, 0.05) is 31.6 Å². The zero-order valence-corrected chi connectivity index (χ0v) is 15.9. The molecule has 0 unspecified atom stereocenters. The number of carboxylic acid groups (broad SMARTS) is 1. The van der Waals surface area contributed by atoms with Crippen LogP contribution in [0.15, 0.2) is 48.7 Å². The largest absolute Gasteiger partial charge is 0.465 e. The van der Waals surface area contributed by atoms with E-state index in [4.69, 9.17) is 16.7 Å². The van der Waals surface area contributed by atoms with Gasteiger partial charge in [-0.3, -0.25) is 5.10 Å². The molecule has 1 saturated heterocycles. The minimum Gasteiger partial charge on any atom is -0.465 e. The summed E-state index contributed by atoms with van der Waals surface area (Å²) in [6.07, 6.45) is -3.64. The zero-order chi connectivity index (χ0) is 21.0. The number of aromatic nitrogens is 2. The number of anilines is 1. The second-order valence-electron chi connectivity index (χ2n) is 6.38. The van der Waals surface area contributed by atoms with E-state index in [9.17, 15) is 18.0 Å². The van der Waals surface area contributed by atoms with E-state index in [0.717, 1.165) is 23.0 Å². The summed E-state index contributed by atoms with van der Waals surface area (Å²) < 4.78 is 38.1. The van der Waals surface area contributed by atoms with Gasteiger partial charge in [-0.25, -0.2) is 4.79 Å². The van der Waals surface area contributed by atoms with Crippen molar-refractivity contribution in [3.05, 3.63) is 59.2 Å². The number of para-hydroxylation sites is 1. The summed E-state index contributed by atoms with van der Waals surface area (Å²) in [5, 5.41) is 17.0. The number of halogens is 4. The Morgan fingerprint density at radius 1 is 1.10 bits per heavy atom. The number of nitrogens with one attached hydrogen (secondary N) is 1. The molecule has 2 heterocycles. The molecule has 10 heteroatoms. The molecule has 1 amide bonds. The molecule has 0 aliphatic carbocycles. The topological polar surface area (TPSA) is 72.5 Å². The van der Waals surface area contributed by atoms with Crippen LogP contribution in [0.25, 0.3) is 10.9 Å². The van der Waals surface area contributed by atoms with Gasteiger partial charge in [0.2, 0.25) is 0 Å². The molecule has 4 rings (SSSR count). The van der Waals surface area contributed by atoms with Crippen molar-refractivity contribution < 1.29 is 23.1 Å². The van der Waals surface area contributed by atoms with Crippen molar-refractivity contribution in [2.45, 2.75) is 6.18 Å². The lowest BCUT2D eigenvalue weighted by atomic mass is 10.1. The highest BCUT2D eigenvalue weighted by Gasteiger charge is 2.32. The standard InChI is InChI=1S/C12H12ClF3N2O2.C7H6N2/c13-9-2-1-8(12(14,15)16)7-10(9)17-3-5-18(6-4-17)11(19)20;1-2-4-7-6(3-1)5-8-9-7/h1-2,7H,3-6H2,(H,19,20);1-5H,(H,8,9). The van der Waals surface area contributed by atoms with Gasteiger partial charge in [0.05, 0.1) is 28.0 Å². The summed E-state index contributed by atoms with van der Waals surface area (Å²) in [7, 11) is 0. The van der Waals surface area contributed by atoms with Crippen molar-refractivity contribution >= 4 is 34.3 Å². The number of piperazine rings is 1. The van der Waals surface area contributed by atoms with Gasteiger partial charge < -0.3 is 14.9 Å². The lowest BCUT2D eigenvalue weighted by Crippen LogP contribution is -2.48. The number of amides is 1. The van der Waals surface area contributed by atoms with Crippen molar-refractivity contribution in [3.8, 4) is 0 Å². The van der Waals surface area contributed by atoms with Gasteiger partial charge in [-0.15, -0.1) is 0 Å². The van der Waals surface area contributed by atoms with E-state index in [1.807, 2.05) is 30.5 Å². The molecule has 3 aromatic rings. The smallest absolute Gasteiger partial charge is 0.416 e. The number of benzene rings is 2. The highest BCUT2D eigenvalue weighted by atomic mass is 35.5. The van der Waals surface area contributed by atoms with Crippen LogP contribution in [0.4, 0.5) is 23.7 Å². The molecule has 1 aliphatic rings. The third kappa shape index (κ3) is 5.11. The number of alkyl halides is 3. The van der Waals surface area contributed by atoms with Gasteiger partial charge in [-0.1, -0.05) is 29.8 Å². The Hall–Kier alpha value is -2.94. The number of hydrogen-bond acceptors (Lipinski definition) is 3. The maximum atomic E-state index is 12.7. The molecular formula is C19H18ClF3N4O2. The number of aromatic amines is 1. The van der Waals surface area contributed by atoms with Gasteiger partial charge in [-0.2, -0.15) is 18.3 Å². The molecule has 1 fully saturated rings. The normalized spacial score (nSPS) is 14.5.